The van der Waals surface area contributed by atoms with Crippen LogP contribution in [-0.4, -0.2) is 16.3 Å². The first-order chi connectivity index (χ1) is 6.56. The standard InChI is InChI=1S/C10H17N3O/c1-7-6-10(14)13(12-9(7)3)8(2)4-5-11/h6,8H,4-5,11H2,1-3H3/t8-/m1/s1. The summed E-state index contributed by atoms with van der Waals surface area (Å²) >= 11 is 0. The molecule has 1 aromatic rings. The topological polar surface area (TPSA) is 60.9 Å². The highest BCUT2D eigenvalue weighted by atomic mass is 16.1. The summed E-state index contributed by atoms with van der Waals surface area (Å²) in [6, 6.07) is 1.70. The maximum absolute atomic E-state index is 11.6. The molecule has 4 nitrogen and oxygen atoms in total. The fourth-order valence-electron chi connectivity index (χ4n) is 1.32. The lowest BCUT2D eigenvalue weighted by Crippen LogP contribution is -2.27. The van der Waals surface area contributed by atoms with Gasteiger partial charge in [0, 0.05) is 6.07 Å². The van der Waals surface area contributed by atoms with Gasteiger partial charge in [-0.1, -0.05) is 0 Å². The predicted octanol–water partition coefficient (Wildman–Crippen LogP) is 0.770. The summed E-state index contributed by atoms with van der Waals surface area (Å²) in [5.74, 6) is 0. The van der Waals surface area contributed by atoms with Crippen LogP contribution in [0.3, 0.4) is 0 Å². The minimum atomic E-state index is -0.0472. The van der Waals surface area contributed by atoms with E-state index in [9.17, 15) is 4.79 Å². The van der Waals surface area contributed by atoms with Gasteiger partial charge < -0.3 is 5.73 Å². The number of hydrogen-bond acceptors (Lipinski definition) is 3. The molecule has 1 atom stereocenters. The number of aromatic nitrogens is 2. The summed E-state index contributed by atoms with van der Waals surface area (Å²) in [6.45, 7) is 6.32. The smallest absolute Gasteiger partial charge is 0.267 e. The maximum atomic E-state index is 11.6. The van der Waals surface area contributed by atoms with Gasteiger partial charge >= 0.3 is 0 Å². The van der Waals surface area contributed by atoms with Crippen LogP contribution < -0.4 is 11.3 Å². The molecule has 2 N–H and O–H groups in total. The number of nitrogens with two attached hydrogens (primary N) is 1. The fraction of sp³-hybridized carbons (Fsp3) is 0.600. The Hall–Kier alpha value is -1.16. The lowest BCUT2D eigenvalue weighted by atomic mass is 10.2. The summed E-state index contributed by atoms with van der Waals surface area (Å²) in [5.41, 5.74) is 7.23. The summed E-state index contributed by atoms with van der Waals surface area (Å²) in [6.07, 6.45) is 0.773. The Morgan fingerprint density at radius 1 is 1.57 bits per heavy atom. The first-order valence-electron chi connectivity index (χ1n) is 4.83. The summed E-state index contributed by atoms with van der Waals surface area (Å²) in [7, 11) is 0. The van der Waals surface area contributed by atoms with E-state index < -0.39 is 0 Å². The van der Waals surface area contributed by atoms with Gasteiger partial charge in [0.25, 0.3) is 5.56 Å². The van der Waals surface area contributed by atoms with Crippen LogP contribution in [0.4, 0.5) is 0 Å². The molecule has 0 bridgehead atoms. The zero-order valence-electron chi connectivity index (χ0n) is 8.95. The van der Waals surface area contributed by atoms with E-state index in [1.165, 1.54) is 4.68 Å². The highest BCUT2D eigenvalue weighted by Crippen LogP contribution is 2.06. The largest absolute Gasteiger partial charge is 0.330 e. The molecule has 0 aliphatic rings. The third kappa shape index (κ3) is 2.20. The zero-order chi connectivity index (χ0) is 10.7. The van der Waals surface area contributed by atoms with Crippen molar-refractivity contribution in [1.82, 2.24) is 9.78 Å². The molecule has 0 amide bonds. The Morgan fingerprint density at radius 3 is 2.79 bits per heavy atom. The fourth-order valence-corrected chi connectivity index (χ4v) is 1.32. The lowest BCUT2D eigenvalue weighted by molar-refractivity contribution is 0.438. The second-order valence-electron chi connectivity index (χ2n) is 3.62. The molecule has 0 spiro atoms. The molecule has 0 fully saturated rings. The van der Waals surface area contributed by atoms with E-state index in [-0.39, 0.29) is 11.6 Å². The predicted molar refractivity (Wildman–Crippen MR) is 56.4 cm³/mol. The van der Waals surface area contributed by atoms with E-state index >= 15 is 0 Å². The van der Waals surface area contributed by atoms with Crippen LogP contribution >= 0.6 is 0 Å². The minimum Gasteiger partial charge on any atom is -0.330 e. The van der Waals surface area contributed by atoms with E-state index in [1.807, 2.05) is 20.8 Å². The molecular weight excluding hydrogens is 178 g/mol. The molecule has 0 unspecified atom stereocenters. The van der Waals surface area contributed by atoms with Crippen LogP contribution in [0.25, 0.3) is 0 Å². The van der Waals surface area contributed by atoms with Gasteiger partial charge in [-0.2, -0.15) is 5.10 Å². The van der Waals surface area contributed by atoms with Crippen LogP contribution in [0.2, 0.25) is 0 Å². The molecule has 0 aromatic carbocycles. The molecule has 1 aromatic heterocycles. The second kappa shape index (κ2) is 4.37. The molecule has 0 aliphatic heterocycles. The van der Waals surface area contributed by atoms with Gasteiger partial charge in [0.1, 0.15) is 0 Å². The zero-order valence-corrected chi connectivity index (χ0v) is 8.95. The average molecular weight is 195 g/mol. The second-order valence-corrected chi connectivity index (χ2v) is 3.62. The van der Waals surface area contributed by atoms with Crippen molar-refractivity contribution in [2.75, 3.05) is 6.54 Å². The molecule has 0 radical (unpaired) electrons. The first-order valence-corrected chi connectivity index (χ1v) is 4.83. The Bertz CT molecular complexity index is 370. The molecule has 78 valence electrons. The highest BCUT2D eigenvalue weighted by Gasteiger charge is 2.08. The van der Waals surface area contributed by atoms with Crippen LogP contribution in [0, 0.1) is 13.8 Å². The Labute approximate surface area is 83.7 Å². The monoisotopic (exact) mass is 195 g/mol. The number of hydrogen-bond donors (Lipinski definition) is 1. The quantitative estimate of drug-likeness (QED) is 0.775. The molecule has 4 heteroatoms. The van der Waals surface area contributed by atoms with Crippen LogP contribution in [-0.2, 0) is 0 Å². The third-order valence-corrected chi connectivity index (χ3v) is 2.40. The molecule has 0 saturated heterocycles. The Morgan fingerprint density at radius 2 is 2.21 bits per heavy atom. The SMILES string of the molecule is Cc1cc(=O)n([C@H](C)CCN)nc1C. The van der Waals surface area contributed by atoms with Crippen molar-refractivity contribution in [3.63, 3.8) is 0 Å². The van der Waals surface area contributed by atoms with Crippen molar-refractivity contribution in [2.24, 2.45) is 5.73 Å². The molecule has 0 aliphatic carbocycles. The van der Waals surface area contributed by atoms with E-state index in [1.54, 1.807) is 6.07 Å². The maximum Gasteiger partial charge on any atom is 0.267 e. The molecular formula is C10H17N3O. The van der Waals surface area contributed by atoms with Crippen LogP contribution in [0.5, 0.6) is 0 Å². The summed E-state index contributed by atoms with van der Waals surface area (Å²) < 4.78 is 1.51. The number of nitrogens with zero attached hydrogens (tertiary/aromatic N) is 2. The van der Waals surface area contributed by atoms with Crippen molar-refractivity contribution < 1.29 is 0 Å². The van der Waals surface area contributed by atoms with E-state index in [2.05, 4.69) is 5.10 Å². The number of rotatable bonds is 3. The minimum absolute atomic E-state index is 0.0472. The Balaban J connectivity index is 3.09. The van der Waals surface area contributed by atoms with E-state index in [4.69, 9.17) is 5.73 Å². The Kier molecular flexibility index (Phi) is 3.41. The third-order valence-electron chi connectivity index (χ3n) is 2.40. The lowest BCUT2D eigenvalue weighted by Gasteiger charge is -2.13. The molecule has 1 rings (SSSR count). The first kappa shape index (κ1) is 10.9. The van der Waals surface area contributed by atoms with Crippen molar-refractivity contribution in [1.29, 1.82) is 0 Å². The van der Waals surface area contributed by atoms with Crippen molar-refractivity contribution in [2.45, 2.75) is 33.2 Å². The van der Waals surface area contributed by atoms with Crippen molar-refractivity contribution in [3.05, 3.63) is 27.7 Å². The molecule has 1 heterocycles. The average Bonchev–Trinajstić information content (AvgIpc) is 2.11. The van der Waals surface area contributed by atoms with Crippen molar-refractivity contribution in [3.8, 4) is 0 Å². The highest BCUT2D eigenvalue weighted by molar-refractivity contribution is 5.13. The van der Waals surface area contributed by atoms with Crippen LogP contribution in [0.15, 0.2) is 10.9 Å². The van der Waals surface area contributed by atoms with Crippen molar-refractivity contribution >= 4 is 0 Å². The van der Waals surface area contributed by atoms with Gasteiger partial charge in [-0.25, -0.2) is 4.68 Å². The number of aryl methyl sites for hydroxylation is 2. The normalized spacial score (nSPS) is 12.9. The van der Waals surface area contributed by atoms with Gasteiger partial charge in [0.2, 0.25) is 0 Å². The summed E-state index contributed by atoms with van der Waals surface area (Å²) in [4.78, 5) is 11.6. The van der Waals surface area contributed by atoms with Gasteiger partial charge in [-0.3, -0.25) is 4.79 Å². The van der Waals surface area contributed by atoms with E-state index in [0.717, 1.165) is 17.7 Å². The van der Waals surface area contributed by atoms with Crippen LogP contribution in [0.1, 0.15) is 30.6 Å². The summed E-state index contributed by atoms with van der Waals surface area (Å²) in [5, 5.41) is 4.24. The van der Waals surface area contributed by atoms with Gasteiger partial charge in [-0.15, -0.1) is 0 Å². The van der Waals surface area contributed by atoms with Gasteiger partial charge in [0.15, 0.2) is 0 Å². The van der Waals surface area contributed by atoms with Gasteiger partial charge in [-0.05, 0) is 39.3 Å². The van der Waals surface area contributed by atoms with E-state index in [0.29, 0.717) is 6.54 Å². The van der Waals surface area contributed by atoms with Gasteiger partial charge in [0.05, 0.1) is 11.7 Å². The molecule has 0 saturated carbocycles. The molecule has 14 heavy (non-hydrogen) atoms.